The number of halogens is 1. The number of benzene rings is 1. The molecule has 0 unspecified atom stereocenters. The van der Waals surface area contributed by atoms with E-state index in [4.69, 9.17) is 27.8 Å². The van der Waals surface area contributed by atoms with Gasteiger partial charge in [-0.25, -0.2) is 9.78 Å². The number of rotatable bonds is 3. The quantitative estimate of drug-likeness (QED) is 0.796. The molecule has 1 heterocycles. The fraction of sp³-hybridized carbons (Fsp3) is 0.154. The number of aromatic nitrogens is 2. The van der Waals surface area contributed by atoms with Gasteiger partial charge in [0.2, 0.25) is 0 Å². The zero-order valence-corrected chi connectivity index (χ0v) is 12.8. The van der Waals surface area contributed by atoms with Crippen molar-refractivity contribution < 1.29 is 9.53 Å². The summed E-state index contributed by atoms with van der Waals surface area (Å²) in [5.41, 5.74) is 11.8. The van der Waals surface area contributed by atoms with Gasteiger partial charge in [-0.05, 0) is 24.3 Å². The van der Waals surface area contributed by atoms with Crippen LogP contribution in [0.25, 0.3) is 0 Å². The molecule has 9 heteroatoms. The van der Waals surface area contributed by atoms with Gasteiger partial charge in [0.05, 0.1) is 0 Å². The molecule has 0 aliphatic rings. The molecule has 8 nitrogen and oxygen atoms in total. The van der Waals surface area contributed by atoms with Crippen LogP contribution in [0.3, 0.4) is 0 Å². The van der Waals surface area contributed by atoms with Crippen molar-refractivity contribution in [1.29, 1.82) is 0 Å². The van der Waals surface area contributed by atoms with Crippen LogP contribution in [0.5, 0.6) is 11.6 Å². The van der Waals surface area contributed by atoms with Crippen LogP contribution in [-0.4, -0.2) is 35.0 Å². The Morgan fingerprint density at radius 2 is 1.82 bits per heavy atom. The number of ether oxygens (including phenoxy) is 1. The number of hydrogen-bond donors (Lipinski definition) is 3. The SMILES string of the molecule is CN(C)C(=O)Nc1ccc(Oc2nc(Cl)c(N)nc2N)cc1. The van der Waals surface area contributed by atoms with Crippen LogP contribution in [0.4, 0.5) is 22.1 Å². The zero-order chi connectivity index (χ0) is 16.3. The number of nitrogen functional groups attached to an aromatic ring is 2. The molecule has 1 aromatic carbocycles. The van der Waals surface area contributed by atoms with Gasteiger partial charge < -0.3 is 26.4 Å². The molecule has 0 aliphatic heterocycles. The van der Waals surface area contributed by atoms with Crippen molar-refractivity contribution in [2.24, 2.45) is 0 Å². The number of nitrogens with one attached hydrogen (secondary N) is 1. The Labute approximate surface area is 132 Å². The molecule has 2 rings (SSSR count). The highest BCUT2D eigenvalue weighted by atomic mass is 35.5. The highest BCUT2D eigenvalue weighted by Gasteiger charge is 2.10. The first-order valence-corrected chi connectivity index (χ1v) is 6.59. The van der Waals surface area contributed by atoms with Crippen LogP contribution < -0.4 is 21.5 Å². The highest BCUT2D eigenvalue weighted by molar-refractivity contribution is 6.31. The third-order valence-corrected chi connectivity index (χ3v) is 2.88. The number of carbonyl (C=O) groups excluding carboxylic acids is 1. The lowest BCUT2D eigenvalue weighted by Gasteiger charge is -2.12. The summed E-state index contributed by atoms with van der Waals surface area (Å²) in [6, 6.07) is 6.43. The predicted octanol–water partition coefficient (Wildman–Crippen LogP) is 2.18. The van der Waals surface area contributed by atoms with Crippen molar-refractivity contribution >= 4 is 35.0 Å². The lowest BCUT2D eigenvalue weighted by Crippen LogP contribution is -2.27. The maximum Gasteiger partial charge on any atom is 0.321 e. The van der Waals surface area contributed by atoms with Crippen LogP contribution in [0, 0.1) is 0 Å². The van der Waals surface area contributed by atoms with Crippen molar-refractivity contribution in [3.05, 3.63) is 29.4 Å². The van der Waals surface area contributed by atoms with Crippen LogP contribution in [-0.2, 0) is 0 Å². The molecule has 0 aliphatic carbocycles. The van der Waals surface area contributed by atoms with E-state index < -0.39 is 0 Å². The summed E-state index contributed by atoms with van der Waals surface area (Å²) in [4.78, 5) is 20.7. The number of nitrogens with two attached hydrogens (primary N) is 2. The van der Waals surface area contributed by atoms with Gasteiger partial charge in [0, 0.05) is 19.8 Å². The summed E-state index contributed by atoms with van der Waals surface area (Å²) < 4.78 is 5.49. The Morgan fingerprint density at radius 3 is 2.41 bits per heavy atom. The fourth-order valence-corrected chi connectivity index (χ4v) is 1.57. The van der Waals surface area contributed by atoms with Gasteiger partial charge >= 0.3 is 6.03 Å². The molecule has 0 spiro atoms. The molecule has 116 valence electrons. The number of hydrogen-bond acceptors (Lipinski definition) is 6. The lowest BCUT2D eigenvalue weighted by molar-refractivity contribution is 0.230. The molecule has 2 amide bonds. The minimum absolute atomic E-state index is 0.0130. The van der Waals surface area contributed by atoms with Crippen LogP contribution in [0.15, 0.2) is 24.3 Å². The third kappa shape index (κ3) is 3.67. The summed E-state index contributed by atoms with van der Waals surface area (Å²) in [6.45, 7) is 0. The number of amides is 2. The molecule has 0 fully saturated rings. The lowest BCUT2D eigenvalue weighted by atomic mass is 10.3. The zero-order valence-electron chi connectivity index (χ0n) is 12.0. The first-order chi connectivity index (χ1) is 10.4. The van der Waals surface area contributed by atoms with E-state index in [1.807, 2.05) is 0 Å². The van der Waals surface area contributed by atoms with E-state index in [0.29, 0.717) is 11.4 Å². The molecule has 1 aromatic heterocycles. The number of anilines is 3. The maximum atomic E-state index is 11.5. The van der Waals surface area contributed by atoms with Crippen molar-refractivity contribution in [2.45, 2.75) is 0 Å². The van der Waals surface area contributed by atoms with Gasteiger partial charge in [-0.1, -0.05) is 11.6 Å². The average molecular weight is 323 g/mol. The number of carbonyl (C=O) groups is 1. The summed E-state index contributed by atoms with van der Waals surface area (Å²) in [5, 5.41) is 2.71. The van der Waals surface area contributed by atoms with Gasteiger partial charge in [0.15, 0.2) is 16.8 Å². The normalized spacial score (nSPS) is 10.1. The molecule has 0 radical (unpaired) electrons. The van der Waals surface area contributed by atoms with Crippen LogP contribution in [0.2, 0.25) is 5.15 Å². The number of urea groups is 1. The first kappa shape index (κ1) is 15.6. The Balaban J connectivity index is 2.12. The van der Waals surface area contributed by atoms with Gasteiger partial charge in [0.1, 0.15) is 5.75 Å². The van der Waals surface area contributed by atoms with Gasteiger partial charge in [-0.2, -0.15) is 4.98 Å². The molecule has 0 saturated carbocycles. The summed E-state index contributed by atoms with van der Waals surface area (Å²) in [7, 11) is 3.30. The third-order valence-electron chi connectivity index (χ3n) is 2.60. The smallest absolute Gasteiger partial charge is 0.321 e. The molecule has 0 saturated heterocycles. The van der Waals surface area contributed by atoms with E-state index in [0.717, 1.165) is 0 Å². The molecule has 22 heavy (non-hydrogen) atoms. The predicted molar refractivity (Wildman–Crippen MR) is 85.1 cm³/mol. The van der Waals surface area contributed by atoms with E-state index >= 15 is 0 Å². The van der Waals surface area contributed by atoms with E-state index in [9.17, 15) is 4.79 Å². The summed E-state index contributed by atoms with van der Waals surface area (Å²) in [5.74, 6) is 0.592. The van der Waals surface area contributed by atoms with Crippen LogP contribution >= 0.6 is 11.6 Å². The topological polar surface area (TPSA) is 119 Å². The molecule has 0 atom stereocenters. The van der Waals surface area contributed by atoms with Gasteiger partial charge in [0.25, 0.3) is 5.88 Å². The van der Waals surface area contributed by atoms with E-state index in [1.165, 1.54) is 4.90 Å². The van der Waals surface area contributed by atoms with E-state index in [-0.39, 0.29) is 28.7 Å². The maximum absolute atomic E-state index is 11.5. The minimum atomic E-state index is -0.228. The van der Waals surface area contributed by atoms with Gasteiger partial charge in [-0.15, -0.1) is 0 Å². The first-order valence-electron chi connectivity index (χ1n) is 6.21. The Kier molecular flexibility index (Phi) is 4.52. The second-order valence-electron chi connectivity index (χ2n) is 4.54. The second kappa shape index (κ2) is 6.35. The fourth-order valence-electron chi connectivity index (χ4n) is 1.46. The monoisotopic (exact) mass is 322 g/mol. The second-order valence-corrected chi connectivity index (χ2v) is 4.90. The Morgan fingerprint density at radius 1 is 1.18 bits per heavy atom. The number of nitrogens with zero attached hydrogens (tertiary/aromatic N) is 3. The average Bonchev–Trinajstić information content (AvgIpc) is 2.46. The standard InChI is InChI=1S/C13H15ClN6O2/c1-20(2)13(21)17-7-3-5-8(6-4-7)22-12-11(16)19-10(15)9(14)18-12/h3-6H,1-2H3,(H,17,21)(H4,15,16,19). The summed E-state index contributed by atoms with van der Waals surface area (Å²) >= 11 is 5.78. The van der Waals surface area contributed by atoms with Gasteiger partial charge in [-0.3, -0.25) is 0 Å². The van der Waals surface area contributed by atoms with Crippen LogP contribution in [0.1, 0.15) is 0 Å². The van der Waals surface area contributed by atoms with E-state index in [1.54, 1.807) is 38.4 Å². The molecular weight excluding hydrogens is 308 g/mol. The highest BCUT2D eigenvalue weighted by Crippen LogP contribution is 2.28. The molecule has 5 N–H and O–H groups in total. The molecule has 2 aromatic rings. The summed E-state index contributed by atoms with van der Waals surface area (Å²) in [6.07, 6.45) is 0. The molecule has 0 bridgehead atoms. The van der Waals surface area contributed by atoms with Crippen molar-refractivity contribution in [2.75, 3.05) is 30.9 Å². The largest absolute Gasteiger partial charge is 0.436 e. The van der Waals surface area contributed by atoms with E-state index in [2.05, 4.69) is 15.3 Å². The minimum Gasteiger partial charge on any atom is -0.436 e. The van der Waals surface area contributed by atoms with Crippen molar-refractivity contribution in [1.82, 2.24) is 14.9 Å². The molecular formula is C13H15ClN6O2. The van der Waals surface area contributed by atoms with Crippen molar-refractivity contribution in [3.8, 4) is 11.6 Å². The Hall–Kier alpha value is -2.74. The Bertz CT molecular complexity index is 690. The van der Waals surface area contributed by atoms with Crippen molar-refractivity contribution in [3.63, 3.8) is 0 Å².